The molecule has 0 spiro atoms. The van der Waals surface area contributed by atoms with Crippen LogP contribution in [0.1, 0.15) is 0 Å². The molecular formula is C28H22N4O3S2. The number of carbonyl (C=O) groups is 1. The van der Waals surface area contributed by atoms with Crippen molar-refractivity contribution in [3.05, 3.63) is 109 Å². The second-order valence-electron chi connectivity index (χ2n) is 8.19. The lowest BCUT2D eigenvalue weighted by molar-refractivity contribution is 0.256. The molecule has 0 saturated carbocycles. The summed E-state index contributed by atoms with van der Waals surface area (Å²) in [5.74, 6) is 0. The van der Waals surface area contributed by atoms with Gasteiger partial charge in [-0.2, -0.15) is 0 Å². The number of para-hydroxylation sites is 1. The van der Waals surface area contributed by atoms with Gasteiger partial charge in [-0.1, -0.05) is 84.9 Å². The van der Waals surface area contributed by atoms with E-state index in [4.69, 9.17) is 12.2 Å². The number of nitrogens with one attached hydrogen (secondary N) is 4. The zero-order chi connectivity index (χ0) is 25.8. The average molecular weight is 527 g/mol. The highest BCUT2D eigenvalue weighted by Crippen LogP contribution is 2.26. The Hall–Kier alpha value is -4.47. The molecule has 0 bridgehead atoms. The van der Waals surface area contributed by atoms with Gasteiger partial charge in [0.05, 0.1) is 11.4 Å². The van der Waals surface area contributed by atoms with Gasteiger partial charge in [0.25, 0.3) is 10.0 Å². The van der Waals surface area contributed by atoms with E-state index < -0.39 is 16.1 Å². The molecule has 2 amide bonds. The number of fused-ring (bicyclic) bond motifs is 2. The standard InChI is InChI=1S/C28H22N4O3S2/c33-27(29-23-16-7-11-19-9-1-3-13-21(19)23)32-37(34,35)26-18-6-5-15-25(26)31-28(36)30-24-17-8-12-20-10-2-4-14-22(20)24/h1-18H,(H2,29,32,33)(H2,30,31,36). The van der Waals surface area contributed by atoms with Gasteiger partial charge in [-0.3, -0.25) is 0 Å². The van der Waals surface area contributed by atoms with E-state index in [2.05, 4.69) is 20.7 Å². The molecule has 0 radical (unpaired) electrons. The summed E-state index contributed by atoms with van der Waals surface area (Å²) in [4.78, 5) is 12.6. The van der Waals surface area contributed by atoms with Gasteiger partial charge in [-0.15, -0.1) is 0 Å². The Morgan fingerprint density at radius 2 is 1.03 bits per heavy atom. The summed E-state index contributed by atoms with van der Waals surface area (Å²) in [6.45, 7) is 0. The van der Waals surface area contributed by atoms with Crippen LogP contribution in [-0.2, 0) is 10.0 Å². The molecule has 4 N–H and O–H groups in total. The van der Waals surface area contributed by atoms with Crippen molar-refractivity contribution in [2.45, 2.75) is 4.90 Å². The van der Waals surface area contributed by atoms with Crippen LogP contribution in [0.5, 0.6) is 0 Å². The number of anilines is 3. The zero-order valence-corrected chi connectivity index (χ0v) is 21.1. The number of amides is 2. The zero-order valence-electron chi connectivity index (χ0n) is 19.4. The van der Waals surface area contributed by atoms with E-state index in [0.717, 1.165) is 27.2 Å². The monoisotopic (exact) mass is 526 g/mol. The second-order valence-corrected chi connectivity index (χ2v) is 10.2. The second kappa shape index (κ2) is 10.3. The summed E-state index contributed by atoms with van der Waals surface area (Å²) < 4.78 is 28.4. The molecule has 0 unspecified atom stereocenters. The summed E-state index contributed by atoms with van der Waals surface area (Å²) >= 11 is 5.47. The number of sulfonamides is 1. The molecule has 37 heavy (non-hydrogen) atoms. The van der Waals surface area contributed by atoms with Crippen molar-refractivity contribution in [2.75, 3.05) is 16.0 Å². The maximum Gasteiger partial charge on any atom is 0.333 e. The van der Waals surface area contributed by atoms with Crippen LogP contribution < -0.4 is 20.7 Å². The third-order valence-corrected chi connectivity index (χ3v) is 7.32. The third-order valence-electron chi connectivity index (χ3n) is 5.73. The largest absolute Gasteiger partial charge is 0.333 e. The molecule has 0 fully saturated rings. The summed E-state index contributed by atoms with van der Waals surface area (Å²) in [5, 5.41) is 12.6. The molecule has 0 saturated heterocycles. The first-order chi connectivity index (χ1) is 17.9. The lowest BCUT2D eigenvalue weighted by Crippen LogP contribution is -2.35. The fourth-order valence-corrected chi connectivity index (χ4v) is 5.37. The lowest BCUT2D eigenvalue weighted by Gasteiger charge is -2.16. The van der Waals surface area contributed by atoms with Crippen LogP contribution >= 0.6 is 12.2 Å². The number of hydrogen-bond acceptors (Lipinski definition) is 4. The highest BCUT2D eigenvalue weighted by Gasteiger charge is 2.22. The van der Waals surface area contributed by atoms with Gasteiger partial charge in [0.15, 0.2) is 5.11 Å². The van der Waals surface area contributed by atoms with E-state index in [1.165, 1.54) is 6.07 Å². The Morgan fingerprint density at radius 1 is 0.568 bits per heavy atom. The summed E-state index contributed by atoms with van der Waals surface area (Å²) in [5.41, 5.74) is 1.51. The minimum absolute atomic E-state index is 0.120. The van der Waals surface area contributed by atoms with Crippen LogP contribution in [0.3, 0.4) is 0 Å². The van der Waals surface area contributed by atoms with E-state index in [1.807, 2.05) is 72.8 Å². The molecule has 5 rings (SSSR count). The van der Waals surface area contributed by atoms with Gasteiger partial charge in [-0.25, -0.2) is 17.9 Å². The highest BCUT2D eigenvalue weighted by atomic mass is 32.2. The molecule has 7 nitrogen and oxygen atoms in total. The Balaban J connectivity index is 1.33. The molecule has 0 heterocycles. The molecular weight excluding hydrogens is 504 g/mol. The van der Waals surface area contributed by atoms with Crippen LogP contribution in [0.25, 0.3) is 21.5 Å². The van der Waals surface area contributed by atoms with Crippen molar-refractivity contribution in [3.63, 3.8) is 0 Å². The molecule has 184 valence electrons. The van der Waals surface area contributed by atoms with Crippen LogP contribution in [0.15, 0.2) is 114 Å². The number of urea groups is 1. The van der Waals surface area contributed by atoms with E-state index in [1.54, 1.807) is 30.3 Å². The van der Waals surface area contributed by atoms with Crippen LogP contribution in [0.2, 0.25) is 0 Å². The number of rotatable bonds is 5. The summed E-state index contributed by atoms with van der Waals surface area (Å²) in [6.07, 6.45) is 0. The van der Waals surface area contributed by atoms with Crippen molar-refractivity contribution in [2.24, 2.45) is 0 Å². The Kier molecular flexibility index (Phi) is 6.72. The lowest BCUT2D eigenvalue weighted by atomic mass is 10.1. The first-order valence-corrected chi connectivity index (χ1v) is 13.3. The first-order valence-electron chi connectivity index (χ1n) is 11.4. The predicted octanol–water partition coefficient (Wildman–Crippen LogP) is 6.31. The minimum Gasteiger partial charge on any atom is -0.332 e. The molecule has 0 aromatic heterocycles. The van der Waals surface area contributed by atoms with Gasteiger partial charge in [0, 0.05) is 16.5 Å². The topological polar surface area (TPSA) is 99.3 Å². The molecule has 0 atom stereocenters. The Labute approximate surface area is 219 Å². The van der Waals surface area contributed by atoms with Crippen molar-refractivity contribution in [1.29, 1.82) is 0 Å². The Bertz CT molecular complexity index is 1740. The molecule has 0 aliphatic rings. The highest BCUT2D eigenvalue weighted by molar-refractivity contribution is 7.90. The maximum atomic E-state index is 13.2. The third kappa shape index (κ3) is 5.37. The quantitative estimate of drug-likeness (QED) is 0.200. The average Bonchev–Trinajstić information content (AvgIpc) is 2.89. The van der Waals surface area contributed by atoms with E-state index in [0.29, 0.717) is 5.69 Å². The summed E-state index contributed by atoms with van der Waals surface area (Å²) in [7, 11) is -4.23. The van der Waals surface area contributed by atoms with Crippen LogP contribution in [-0.4, -0.2) is 19.6 Å². The molecule has 5 aromatic carbocycles. The van der Waals surface area contributed by atoms with E-state index in [-0.39, 0.29) is 15.7 Å². The number of carbonyl (C=O) groups excluding carboxylic acids is 1. The van der Waals surface area contributed by atoms with Crippen molar-refractivity contribution in [1.82, 2.24) is 4.72 Å². The van der Waals surface area contributed by atoms with Crippen LogP contribution in [0.4, 0.5) is 21.9 Å². The number of thiocarbonyl (C=S) groups is 1. The van der Waals surface area contributed by atoms with Gasteiger partial charge >= 0.3 is 6.03 Å². The number of benzene rings is 5. The van der Waals surface area contributed by atoms with Gasteiger partial charge in [0.2, 0.25) is 0 Å². The first kappa shape index (κ1) is 24.2. The van der Waals surface area contributed by atoms with Crippen LogP contribution in [0, 0.1) is 0 Å². The fraction of sp³-hybridized carbons (Fsp3) is 0. The van der Waals surface area contributed by atoms with E-state index in [9.17, 15) is 13.2 Å². The Morgan fingerprint density at radius 3 is 1.68 bits per heavy atom. The van der Waals surface area contributed by atoms with Crippen molar-refractivity contribution >= 4 is 72.0 Å². The SMILES string of the molecule is O=C(Nc1cccc2ccccc12)NS(=O)(=O)c1ccccc1NC(=S)Nc1cccc2ccccc12. The predicted molar refractivity (Wildman–Crippen MR) is 154 cm³/mol. The smallest absolute Gasteiger partial charge is 0.332 e. The van der Waals surface area contributed by atoms with E-state index >= 15 is 0 Å². The molecule has 0 aliphatic carbocycles. The minimum atomic E-state index is -4.23. The number of hydrogen-bond donors (Lipinski definition) is 4. The molecule has 9 heteroatoms. The molecule has 0 aliphatic heterocycles. The normalized spacial score (nSPS) is 11.1. The van der Waals surface area contributed by atoms with Gasteiger partial charge in [-0.05, 0) is 47.3 Å². The summed E-state index contributed by atoms with van der Waals surface area (Å²) in [6, 6.07) is 31.9. The van der Waals surface area contributed by atoms with Gasteiger partial charge in [0.1, 0.15) is 4.90 Å². The van der Waals surface area contributed by atoms with Crippen molar-refractivity contribution < 1.29 is 13.2 Å². The maximum absolute atomic E-state index is 13.2. The van der Waals surface area contributed by atoms with Gasteiger partial charge < -0.3 is 16.0 Å². The van der Waals surface area contributed by atoms with Crippen molar-refractivity contribution in [3.8, 4) is 0 Å². The fourth-order valence-electron chi connectivity index (χ4n) is 4.07. The molecule has 5 aromatic rings.